The van der Waals surface area contributed by atoms with Gasteiger partial charge in [-0.3, -0.25) is 4.98 Å². The first-order valence-electron chi connectivity index (χ1n) is 5.82. The van der Waals surface area contributed by atoms with E-state index in [1.54, 1.807) is 6.20 Å². The number of anilines is 2. The molecule has 5 heteroatoms. The van der Waals surface area contributed by atoms with Crippen LogP contribution in [0.2, 0.25) is 5.15 Å². The molecule has 4 nitrogen and oxygen atoms in total. The van der Waals surface area contributed by atoms with E-state index < -0.39 is 0 Å². The predicted molar refractivity (Wildman–Crippen MR) is 76.8 cm³/mol. The van der Waals surface area contributed by atoms with Gasteiger partial charge in [0.05, 0.1) is 0 Å². The zero-order valence-corrected chi connectivity index (χ0v) is 11.0. The summed E-state index contributed by atoms with van der Waals surface area (Å²) in [5.74, 6) is 0.705. The molecule has 0 bridgehead atoms. The average molecular weight is 271 g/mol. The van der Waals surface area contributed by atoms with Crippen LogP contribution in [0.5, 0.6) is 0 Å². The first kappa shape index (κ1) is 11.9. The molecule has 2 heterocycles. The van der Waals surface area contributed by atoms with Gasteiger partial charge >= 0.3 is 0 Å². The molecule has 0 unspecified atom stereocenters. The maximum absolute atomic E-state index is 5.99. The molecule has 1 aromatic carbocycles. The van der Waals surface area contributed by atoms with E-state index in [1.807, 2.05) is 37.4 Å². The third-order valence-corrected chi connectivity index (χ3v) is 3.34. The van der Waals surface area contributed by atoms with Crippen LogP contribution in [0.4, 0.5) is 11.5 Å². The van der Waals surface area contributed by atoms with Crippen LogP contribution >= 0.6 is 11.6 Å². The summed E-state index contributed by atoms with van der Waals surface area (Å²) < 4.78 is 0. The number of aromatic nitrogens is 3. The van der Waals surface area contributed by atoms with E-state index in [9.17, 15) is 0 Å². The molecule has 0 atom stereocenters. The Morgan fingerprint density at radius 1 is 1.16 bits per heavy atom. The second-order valence-corrected chi connectivity index (χ2v) is 4.52. The fourth-order valence-electron chi connectivity index (χ4n) is 1.90. The number of nitrogens with zero attached hydrogens (tertiary/aromatic N) is 3. The number of fused-ring (bicyclic) bond motifs is 1. The molecular formula is C14H11ClN4. The van der Waals surface area contributed by atoms with Gasteiger partial charge in [-0.15, -0.1) is 0 Å². The Balaban J connectivity index is 2.09. The quantitative estimate of drug-likeness (QED) is 0.721. The molecule has 0 aliphatic rings. The normalized spacial score (nSPS) is 10.6. The van der Waals surface area contributed by atoms with Crippen LogP contribution in [0.25, 0.3) is 10.8 Å². The van der Waals surface area contributed by atoms with E-state index in [1.165, 1.54) is 6.33 Å². The van der Waals surface area contributed by atoms with Crippen molar-refractivity contribution in [1.29, 1.82) is 0 Å². The minimum atomic E-state index is 0.455. The first-order chi connectivity index (χ1) is 9.25. The lowest BCUT2D eigenvalue weighted by molar-refractivity contribution is 1.13. The minimum absolute atomic E-state index is 0.455. The van der Waals surface area contributed by atoms with Gasteiger partial charge in [-0.1, -0.05) is 23.7 Å². The Morgan fingerprint density at radius 2 is 2.05 bits per heavy atom. The van der Waals surface area contributed by atoms with Crippen molar-refractivity contribution >= 4 is 33.9 Å². The fourth-order valence-corrected chi connectivity index (χ4v) is 2.04. The molecule has 3 aromatic rings. The van der Waals surface area contributed by atoms with Crippen molar-refractivity contribution in [2.45, 2.75) is 6.92 Å². The Morgan fingerprint density at radius 3 is 2.95 bits per heavy atom. The molecule has 1 N–H and O–H groups in total. The monoisotopic (exact) mass is 270 g/mol. The lowest BCUT2D eigenvalue weighted by Gasteiger charge is -2.11. The second kappa shape index (κ2) is 4.82. The summed E-state index contributed by atoms with van der Waals surface area (Å²) >= 11 is 5.99. The highest BCUT2D eigenvalue weighted by molar-refractivity contribution is 6.30. The summed E-state index contributed by atoms with van der Waals surface area (Å²) in [6.07, 6.45) is 5.05. The zero-order chi connectivity index (χ0) is 13.2. The van der Waals surface area contributed by atoms with Gasteiger partial charge in [0.25, 0.3) is 0 Å². The van der Waals surface area contributed by atoms with Crippen molar-refractivity contribution < 1.29 is 0 Å². The molecule has 2 aromatic heterocycles. The zero-order valence-electron chi connectivity index (χ0n) is 10.3. The van der Waals surface area contributed by atoms with Gasteiger partial charge < -0.3 is 5.32 Å². The number of halogens is 1. The number of hydrogen-bond donors (Lipinski definition) is 1. The number of rotatable bonds is 2. The molecule has 0 amide bonds. The minimum Gasteiger partial charge on any atom is -0.339 e. The molecule has 94 valence electrons. The first-order valence-corrected chi connectivity index (χ1v) is 6.20. The molecular weight excluding hydrogens is 260 g/mol. The standard InChI is InChI=1S/C14H11ClN4/c1-9-13(15)17-8-18-14(9)19-12-4-2-3-10-5-6-16-7-11(10)12/h2-8H,1H3,(H,17,18,19). The molecule has 19 heavy (non-hydrogen) atoms. The summed E-state index contributed by atoms with van der Waals surface area (Å²) in [5, 5.41) is 5.90. The lowest BCUT2D eigenvalue weighted by Crippen LogP contribution is -1.98. The highest BCUT2D eigenvalue weighted by atomic mass is 35.5. The smallest absolute Gasteiger partial charge is 0.138 e. The van der Waals surface area contributed by atoms with Gasteiger partial charge in [0.1, 0.15) is 17.3 Å². The summed E-state index contributed by atoms with van der Waals surface area (Å²) in [4.78, 5) is 12.3. The molecule has 0 spiro atoms. The number of nitrogens with one attached hydrogen (secondary N) is 1. The van der Waals surface area contributed by atoms with Crippen molar-refractivity contribution in [2.24, 2.45) is 0 Å². The van der Waals surface area contributed by atoms with E-state index in [-0.39, 0.29) is 0 Å². The molecule has 0 fully saturated rings. The summed E-state index contributed by atoms with van der Waals surface area (Å²) in [5.41, 5.74) is 1.77. The molecule has 0 aliphatic heterocycles. The third-order valence-electron chi connectivity index (χ3n) is 2.96. The van der Waals surface area contributed by atoms with Crippen LogP contribution in [0.1, 0.15) is 5.56 Å². The van der Waals surface area contributed by atoms with Crippen molar-refractivity contribution in [3.63, 3.8) is 0 Å². The Hall–Kier alpha value is -2.20. The molecule has 0 aliphatic carbocycles. The van der Waals surface area contributed by atoms with E-state index >= 15 is 0 Å². The summed E-state index contributed by atoms with van der Waals surface area (Å²) in [7, 11) is 0. The van der Waals surface area contributed by atoms with Crippen molar-refractivity contribution in [2.75, 3.05) is 5.32 Å². The van der Waals surface area contributed by atoms with Gasteiger partial charge in [0.2, 0.25) is 0 Å². The molecule has 0 saturated heterocycles. The van der Waals surface area contributed by atoms with E-state index in [0.29, 0.717) is 11.0 Å². The average Bonchev–Trinajstić information content (AvgIpc) is 2.44. The SMILES string of the molecule is Cc1c(Cl)ncnc1Nc1cccc2ccncc12. The molecule has 0 radical (unpaired) electrons. The highest BCUT2D eigenvalue weighted by Gasteiger charge is 2.07. The number of hydrogen-bond acceptors (Lipinski definition) is 4. The van der Waals surface area contributed by atoms with Gasteiger partial charge in [-0.05, 0) is 24.4 Å². The van der Waals surface area contributed by atoms with E-state index in [0.717, 1.165) is 22.0 Å². The van der Waals surface area contributed by atoms with Crippen molar-refractivity contribution in [3.8, 4) is 0 Å². The van der Waals surface area contributed by atoms with Gasteiger partial charge in [-0.2, -0.15) is 0 Å². The van der Waals surface area contributed by atoms with Crippen LogP contribution in [0.15, 0.2) is 43.0 Å². The topological polar surface area (TPSA) is 50.7 Å². The van der Waals surface area contributed by atoms with Crippen LogP contribution in [0.3, 0.4) is 0 Å². The van der Waals surface area contributed by atoms with Crippen molar-refractivity contribution in [1.82, 2.24) is 15.0 Å². The summed E-state index contributed by atoms with van der Waals surface area (Å²) in [6, 6.07) is 7.99. The van der Waals surface area contributed by atoms with Gasteiger partial charge in [0, 0.05) is 29.0 Å². The van der Waals surface area contributed by atoms with Crippen molar-refractivity contribution in [3.05, 3.63) is 53.7 Å². The Kier molecular flexibility index (Phi) is 3.01. The molecule has 3 rings (SSSR count). The second-order valence-electron chi connectivity index (χ2n) is 4.17. The predicted octanol–water partition coefficient (Wildman–Crippen LogP) is 3.73. The number of pyridine rings is 1. The number of benzene rings is 1. The van der Waals surface area contributed by atoms with Gasteiger partial charge in [-0.25, -0.2) is 9.97 Å². The highest BCUT2D eigenvalue weighted by Crippen LogP contribution is 2.27. The van der Waals surface area contributed by atoms with Crippen LogP contribution in [-0.2, 0) is 0 Å². The lowest BCUT2D eigenvalue weighted by atomic mass is 10.1. The van der Waals surface area contributed by atoms with E-state index in [2.05, 4.69) is 20.3 Å². The third kappa shape index (κ3) is 2.22. The van der Waals surface area contributed by atoms with Crippen LogP contribution in [0, 0.1) is 6.92 Å². The Bertz CT molecular complexity index is 737. The van der Waals surface area contributed by atoms with Gasteiger partial charge in [0.15, 0.2) is 0 Å². The van der Waals surface area contributed by atoms with Crippen LogP contribution < -0.4 is 5.32 Å². The fraction of sp³-hybridized carbons (Fsp3) is 0.0714. The van der Waals surface area contributed by atoms with E-state index in [4.69, 9.17) is 11.6 Å². The maximum atomic E-state index is 5.99. The Labute approximate surface area is 115 Å². The summed E-state index contributed by atoms with van der Waals surface area (Å²) in [6.45, 7) is 1.88. The molecule has 0 saturated carbocycles. The largest absolute Gasteiger partial charge is 0.339 e. The maximum Gasteiger partial charge on any atom is 0.138 e. The van der Waals surface area contributed by atoms with Crippen LogP contribution in [-0.4, -0.2) is 15.0 Å².